The first kappa shape index (κ1) is 10.4. The van der Waals surface area contributed by atoms with Crippen molar-refractivity contribution in [2.75, 3.05) is 6.54 Å². The van der Waals surface area contributed by atoms with Crippen molar-refractivity contribution >= 4 is 5.91 Å². The summed E-state index contributed by atoms with van der Waals surface area (Å²) >= 11 is 0. The van der Waals surface area contributed by atoms with Crippen molar-refractivity contribution in [2.45, 2.75) is 39.2 Å². The predicted molar refractivity (Wildman–Crippen MR) is 45.6 cm³/mol. The number of amides is 1. The molecular formula is C9H15F2NO. The second-order valence-electron chi connectivity index (χ2n) is 3.83. The van der Waals surface area contributed by atoms with Gasteiger partial charge in [0.25, 0.3) is 5.91 Å². The van der Waals surface area contributed by atoms with Gasteiger partial charge in [-0.05, 0) is 32.6 Å². The molecule has 1 rings (SSSR count). The normalized spacial score (nSPS) is 16.8. The van der Waals surface area contributed by atoms with Crippen LogP contribution in [0.2, 0.25) is 0 Å². The van der Waals surface area contributed by atoms with Crippen LogP contribution in [-0.4, -0.2) is 29.8 Å². The molecule has 0 bridgehead atoms. The van der Waals surface area contributed by atoms with Crippen LogP contribution in [0.5, 0.6) is 0 Å². The van der Waals surface area contributed by atoms with Crippen molar-refractivity contribution in [1.82, 2.24) is 4.90 Å². The fraction of sp³-hybridized carbons (Fsp3) is 0.889. The van der Waals surface area contributed by atoms with Crippen molar-refractivity contribution in [1.29, 1.82) is 0 Å². The Morgan fingerprint density at radius 1 is 1.46 bits per heavy atom. The Labute approximate surface area is 76.9 Å². The molecule has 0 N–H and O–H groups in total. The number of nitrogens with zero attached hydrogens (tertiary/aromatic N) is 1. The maximum absolute atomic E-state index is 12.1. The van der Waals surface area contributed by atoms with Crippen LogP contribution in [-0.2, 0) is 4.79 Å². The molecule has 1 saturated carbocycles. The molecule has 0 aromatic heterocycles. The summed E-state index contributed by atoms with van der Waals surface area (Å²) in [6.45, 7) is 4.03. The highest BCUT2D eigenvalue weighted by Crippen LogP contribution is 2.30. The van der Waals surface area contributed by atoms with E-state index in [2.05, 4.69) is 0 Å². The zero-order chi connectivity index (χ0) is 10.0. The van der Waals surface area contributed by atoms with E-state index in [9.17, 15) is 13.6 Å². The highest BCUT2D eigenvalue weighted by atomic mass is 19.3. The first-order valence-corrected chi connectivity index (χ1v) is 4.61. The Hall–Kier alpha value is -0.670. The number of halogens is 2. The Bertz CT molecular complexity index is 190. The molecule has 2 nitrogen and oxygen atoms in total. The Morgan fingerprint density at radius 2 is 2.00 bits per heavy atom. The van der Waals surface area contributed by atoms with E-state index in [-0.39, 0.29) is 6.04 Å². The van der Waals surface area contributed by atoms with Gasteiger partial charge in [0, 0.05) is 12.6 Å². The molecule has 0 heterocycles. The maximum Gasteiger partial charge on any atom is 0.315 e. The number of carbonyl (C=O) groups is 1. The highest BCUT2D eigenvalue weighted by molar-refractivity contribution is 5.79. The molecule has 0 aromatic carbocycles. The van der Waals surface area contributed by atoms with Crippen molar-refractivity contribution < 1.29 is 13.6 Å². The summed E-state index contributed by atoms with van der Waals surface area (Å²) in [6, 6.07) is -0.123. The van der Waals surface area contributed by atoms with Gasteiger partial charge in [-0.25, -0.2) is 0 Å². The van der Waals surface area contributed by atoms with Gasteiger partial charge in [0.05, 0.1) is 0 Å². The smallest absolute Gasteiger partial charge is 0.315 e. The van der Waals surface area contributed by atoms with Gasteiger partial charge in [0.1, 0.15) is 0 Å². The molecule has 76 valence electrons. The van der Waals surface area contributed by atoms with Crippen LogP contribution in [0.4, 0.5) is 8.78 Å². The molecule has 13 heavy (non-hydrogen) atoms. The van der Waals surface area contributed by atoms with E-state index < -0.39 is 12.3 Å². The van der Waals surface area contributed by atoms with E-state index in [4.69, 9.17) is 0 Å². The largest absolute Gasteiger partial charge is 0.335 e. The minimum absolute atomic E-state index is 0.123. The average Bonchev–Trinajstić information content (AvgIpc) is 2.81. The lowest BCUT2D eigenvalue weighted by Gasteiger charge is -2.26. The first-order chi connectivity index (χ1) is 6.02. The molecule has 0 aromatic rings. The van der Waals surface area contributed by atoms with E-state index >= 15 is 0 Å². The van der Waals surface area contributed by atoms with Crippen LogP contribution in [0.15, 0.2) is 0 Å². The molecule has 0 spiro atoms. The van der Waals surface area contributed by atoms with E-state index in [1.165, 1.54) is 4.90 Å². The van der Waals surface area contributed by atoms with Gasteiger partial charge in [-0.15, -0.1) is 0 Å². The van der Waals surface area contributed by atoms with Crippen molar-refractivity contribution in [3.8, 4) is 0 Å². The third kappa shape index (κ3) is 2.94. The molecule has 1 fully saturated rings. The van der Waals surface area contributed by atoms with Crippen LogP contribution < -0.4 is 0 Å². The van der Waals surface area contributed by atoms with E-state index in [0.717, 1.165) is 12.8 Å². The van der Waals surface area contributed by atoms with Crippen molar-refractivity contribution in [2.24, 2.45) is 5.92 Å². The molecule has 1 amide bonds. The number of hydrogen-bond acceptors (Lipinski definition) is 1. The summed E-state index contributed by atoms with van der Waals surface area (Å²) in [5, 5.41) is 0. The van der Waals surface area contributed by atoms with Crippen LogP contribution in [0.25, 0.3) is 0 Å². The average molecular weight is 191 g/mol. The van der Waals surface area contributed by atoms with Crippen molar-refractivity contribution in [3.05, 3.63) is 0 Å². The molecule has 0 radical (unpaired) electrons. The standard InChI is InChI=1S/C9H15F2NO/c1-6(2)12(5-7-3-4-7)9(13)8(10)11/h6-8H,3-5H2,1-2H3. The third-order valence-corrected chi connectivity index (χ3v) is 2.24. The zero-order valence-electron chi connectivity index (χ0n) is 7.96. The number of alkyl halides is 2. The number of rotatable bonds is 4. The fourth-order valence-corrected chi connectivity index (χ4v) is 1.26. The Morgan fingerprint density at radius 3 is 2.31 bits per heavy atom. The van der Waals surface area contributed by atoms with Gasteiger partial charge in [0.15, 0.2) is 0 Å². The lowest BCUT2D eigenvalue weighted by atomic mass is 10.2. The van der Waals surface area contributed by atoms with Gasteiger partial charge >= 0.3 is 6.43 Å². The Balaban J connectivity index is 2.49. The molecule has 4 heteroatoms. The number of carbonyl (C=O) groups excluding carboxylic acids is 1. The molecular weight excluding hydrogens is 176 g/mol. The maximum atomic E-state index is 12.1. The topological polar surface area (TPSA) is 20.3 Å². The molecule has 0 aliphatic heterocycles. The zero-order valence-corrected chi connectivity index (χ0v) is 7.96. The summed E-state index contributed by atoms with van der Waals surface area (Å²) in [5.74, 6) is -0.563. The minimum atomic E-state index is -2.86. The van der Waals surface area contributed by atoms with Gasteiger partial charge < -0.3 is 4.90 Å². The molecule has 0 atom stereocenters. The quantitative estimate of drug-likeness (QED) is 0.664. The fourth-order valence-electron chi connectivity index (χ4n) is 1.26. The Kier molecular flexibility index (Phi) is 3.22. The SMILES string of the molecule is CC(C)N(CC1CC1)C(=O)C(F)F. The third-order valence-electron chi connectivity index (χ3n) is 2.24. The van der Waals surface area contributed by atoms with Crippen LogP contribution in [0.1, 0.15) is 26.7 Å². The van der Waals surface area contributed by atoms with Crippen LogP contribution in [0, 0.1) is 5.92 Å². The van der Waals surface area contributed by atoms with Gasteiger partial charge in [-0.2, -0.15) is 8.78 Å². The van der Waals surface area contributed by atoms with Crippen molar-refractivity contribution in [3.63, 3.8) is 0 Å². The highest BCUT2D eigenvalue weighted by Gasteiger charge is 2.31. The molecule has 1 aliphatic carbocycles. The monoisotopic (exact) mass is 191 g/mol. The lowest BCUT2D eigenvalue weighted by Crippen LogP contribution is -2.41. The van der Waals surface area contributed by atoms with Crippen LogP contribution in [0.3, 0.4) is 0 Å². The molecule has 1 aliphatic rings. The lowest BCUT2D eigenvalue weighted by molar-refractivity contribution is -0.144. The van der Waals surface area contributed by atoms with Gasteiger partial charge in [-0.3, -0.25) is 4.79 Å². The van der Waals surface area contributed by atoms with E-state index in [0.29, 0.717) is 12.5 Å². The van der Waals surface area contributed by atoms with E-state index in [1.54, 1.807) is 13.8 Å². The summed E-state index contributed by atoms with van der Waals surface area (Å²) in [7, 11) is 0. The van der Waals surface area contributed by atoms with Gasteiger partial charge in [-0.1, -0.05) is 0 Å². The number of hydrogen-bond donors (Lipinski definition) is 0. The molecule has 0 saturated heterocycles. The second-order valence-corrected chi connectivity index (χ2v) is 3.83. The summed E-state index contributed by atoms with van der Waals surface area (Å²) in [6.07, 6.45) is -0.722. The summed E-state index contributed by atoms with van der Waals surface area (Å²) < 4.78 is 24.2. The van der Waals surface area contributed by atoms with Gasteiger partial charge in [0.2, 0.25) is 0 Å². The second kappa shape index (κ2) is 4.03. The minimum Gasteiger partial charge on any atom is -0.335 e. The summed E-state index contributed by atoms with van der Waals surface area (Å²) in [5.41, 5.74) is 0. The molecule has 0 unspecified atom stereocenters. The van der Waals surface area contributed by atoms with Crippen LogP contribution >= 0.6 is 0 Å². The van der Waals surface area contributed by atoms with E-state index in [1.807, 2.05) is 0 Å². The summed E-state index contributed by atoms with van der Waals surface area (Å²) in [4.78, 5) is 12.3. The first-order valence-electron chi connectivity index (χ1n) is 4.61. The predicted octanol–water partition coefficient (Wildman–Crippen LogP) is 1.90.